The van der Waals surface area contributed by atoms with Crippen molar-refractivity contribution in [1.29, 1.82) is 0 Å². The normalized spacial score (nSPS) is 11.2. The van der Waals surface area contributed by atoms with Gasteiger partial charge in [0, 0.05) is 6.07 Å². The van der Waals surface area contributed by atoms with Gasteiger partial charge in [0.2, 0.25) is 11.3 Å². The maximum absolute atomic E-state index is 5.56. The summed E-state index contributed by atoms with van der Waals surface area (Å²) in [4.78, 5) is 4.83. The summed E-state index contributed by atoms with van der Waals surface area (Å²) in [6, 6.07) is 8.28. The average Bonchev–Trinajstić information content (AvgIpc) is 2.44. The first-order valence-corrected chi connectivity index (χ1v) is 7.11. The van der Waals surface area contributed by atoms with Gasteiger partial charge in [-0.05, 0) is 38.0 Å². The van der Waals surface area contributed by atoms with Crippen LogP contribution in [-0.4, -0.2) is 12.1 Å². The van der Waals surface area contributed by atoms with Crippen molar-refractivity contribution in [3.63, 3.8) is 0 Å². The Morgan fingerprint density at radius 2 is 1.74 bits per heavy atom. The van der Waals surface area contributed by atoms with Crippen LogP contribution in [0.2, 0.25) is 0 Å². The summed E-state index contributed by atoms with van der Waals surface area (Å²) in [5.74, 6) is 0.985. The number of para-hydroxylation sites is 1. The molecule has 0 spiro atoms. The molecule has 0 atom stereocenters. The van der Waals surface area contributed by atoms with E-state index in [1.807, 2.05) is 6.07 Å². The molecule has 0 aliphatic carbocycles. The van der Waals surface area contributed by atoms with Crippen molar-refractivity contribution in [3.05, 3.63) is 41.0 Å². The van der Waals surface area contributed by atoms with Crippen molar-refractivity contribution in [1.82, 2.24) is 4.98 Å². The quantitative estimate of drug-likeness (QED) is 0.474. The van der Waals surface area contributed by atoms with Gasteiger partial charge in [0.05, 0.1) is 12.7 Å². The van der Waals surface area contributed by atoms with Gasteiger partial charge in [0.1, 0.15) is 16.8 Å². The molecule has 3 rings (SSSR count). The zero-order valence-electron chi connectivity index (χ0n) is 11.6. The van der Waals surface area contributed by atoms with Crippen LogP contribution in [0.3, 0.4) is 0 Å². The maximum atomic E-state index is 5.56. The van der Waals surface area contributed by atoms with E-state index in [9.17, 15) is 0 Å². The third kappa shape index (κ3) is 1.77. The minimum Gasteiger partial charge on any atom is -0.496 e. The van der Waals surface area contributed by atoms with Crippen LogP contribution in [0.5, 0.6) is 5.75 Å². The van der Waals surface area contributed by atoms with Gasteiger partial charge >= 0.3 is 0 Å². The van der Waals surface area contributed by atoms with Crippen LogP contribution < -0.4 is 4.74 Å². The molecule has 0 unspecified atom stereocenters. The molecule has 0 saturated heterocycles. The number of rotatable bonds is 1. The minimum atomic E-state index is 0.985. The Balaban J connectivity index is 2.54. The summed E-state index contributed by atoms with van der Waals surface area (Å²) < 4.78 is 7.99. The smallest absolute Gasteiger partial charge is 0.263 e. The number of aromatic nitrogens is 1. The van der Waals surface area contributed by atoms with E-state index in [-0.39, 0.29) is 0 Å². The Labute approximate surface area is 116 Å². The summed E-state index contributed by atoms with van der Waals surface area (Å²) in [7, 11) is 1.74. The minimum absolute atomic E-state index is 0.985. The number of hydrogen-bond donors (Lipinski definition) is 0. The van der Waals surface area contributed by atoms with E-state index in [1.165, 1.54) is 26.1 Å². The second-order valence-electron chi connectivity index (χ2n) is 4.77. The van der Waals surface area contributed by atoms with Crippen molar-refractivity contribution in [2.45, 2.75) is 20.8 Å². The molecule has 1 aromatic heterocycles. The van der Waals surface area contributed by atoms with Crippen LogP contribution in [0.4, 0.5) is 0 Å². The Morgan fingerprint density at radius 3 is 2.47 bits per heavy atom. The molecule has 2 aromatic carbocycles. The molecule has 0 radical (unpaired) electrons. The Kier molecular flexibility index (Phi) is 2.86. The fourth-order valence-electron chi connectivity index (χ4n) is 2.51. The van der Waals surface area contributed by atoms with E-state index in [0.717, 1.165) is 16.8 Å². The highest BCUT2D eigenvalue weighted by molar-refractivity contribution is 7.24. The van der Waals surface area contributed by atoms with Gasteiger partial charge < -0.3 is 4.74 Å². The van der Waals surface area contributed by atoms with Crippen molar-refractivity contribution < 1.29 is 4.74 Å². The number of nitrogens with zero attached hydrogens (tertiary/aromatic N) is 1. The van der Waals surface area contributed by atoms with Crippen LogP contribution in [0, 0.1) is 20.8 Å². The molecule has 2 nitrogen and oxygen atoms in total. The molecule has 96 valence electrons. The molecule has 0 fully saturated rings. The SMILES string of the molecule is COc1c(C)c(C)c2nc3ccccc3[s+]c2c1C. The van der Waals surface area contributed by atoms with Crippen molar-refractivity contribution in [2.75, 3.05) is 7.11 Å². The fraction of sp³-hybridized carbons (Fsp3) is 0.250. The molecule has 3 aromatic rings. The standard InChI is InChI=1S/C16H16NOS/c1-9-10(2)15(18-4)11(3)16-14(9)17-12-7-5-6-8-13(12)19-16/h5-8H,1-4H3/q+1. The Hall–Kier alpha value is -1.74. The highest BCUT2D eigenvalue weighted by atomic mass is 32.1. The van der Waals surface area contributed by atoms with Gasteiger partial charge in [-0.1, -0.05) is 12.1 Å². The second-order valence-corrected chi connectivity index (χ2v) is 5.82. The van der Waals surface area contributed by atoms with Crippen LogP contribution in [0.15, 0.2) is 24.3 Å². The van der Waals surface area contributed by atoms with Gasteiger partial charge in [0.25, 0.3) is 9.40 Å². The summed E-state index contributed by atoms with van der Waals surface area (Å²) in [6.45, 7) is 6.33. The van der Waals surface area contributed by atoms with E-state index in [1.54, 1.807) is 18.4 Å². The van der Waals surface area contributed by atoms with Gasteiger partial charge in [-0.3, -0.25) is 0 Å². The van der Waals surface area contributed by atoms with Crippen molar-refractivity contribution in [3.8, 4) is 5.75 Å². The largest absolute Gasteiger partial charge is 0.496 e. The van der Waals surface area contributed by atoms with E-state index in [2.05, 4.69) is 39.0 Å². The van der Waals surface area contributed by atoms with Crippen LogP contribution in [0.25, 0.3) is 20.4 Å². The first-order valence-electron chi connectivity index (χ1n) is 6.30. The average molecular weight is 270 g/mol. The predicted molar refractivity (Wildman–Crippen MR) is 82.3 cm³/mol. The molecule has 19 heavy (non-hydrogen) atoms. The fourth-order valence-corrected chi connectivity index (χ4v) is 3.64. The third-order valence-electron chi connectivity index (χ3n) is 3.67. The highest BCUT2D eigenvalue weighted by Crippen LogP contribution is 2.37. The van der Waals surface area contributed by atoms with E-state index in [4.69, 9.17) is 9.72 Å². The van der Waals surface area contributed by atoms with Gasteiger partial charge in [-0.25, -0.2) is 4.98 Å². The summed E-state index contributed by atoms with van der Waals surface area (Å²) >= 11 is 1.79. The molecule has 1 heterocycles. The number of benzene rings is 2. The molecule has 0 saturated carbocycles. The number of ether oxygens (including phenoxy) is 1. The first kappa shape index (κ1) is 12.3. The Bertz CT molecular complexity index is 796. The van der Waals surface area contributed by atoms with E-state index in [0.29, 0.717) is 0 Å². The van der Waals surface area contributed by atoms with Crippen LogP contribution >= 0.6 is 11.3 Å². The second kappa shape index (κ2) is 4.42. The molecular weight excluding hydrogens is 254 g/mol. The molecule has 0 aliphatic rings. The van der Waals surface area contributed by atoms with Crippen LogP contribution in [0.1, 0.15) is 16.7 Å². The summed E-state index contributed by atoms with van der Waals surface area (Å²) in [6.07, 6.45) is 0. The van der Waals surface area contributed by atoms with E-state index < -0.39 is 0 Å². The topological polar surface area (TPSA) is 22.1 Å². The zero-order chi connectivity index (χ0) is 13.6. The lowest BCUT2D eigenvalue weighted by Crippen LogP contribution is -1.96. The molecule has 0 N–H and O–H groups in total. The van der Waals surface area contributed by atoms with Crippen molar-refractivity contribution in [2.24, 2.45) is 0 Å². The maximum Gasteiger partial charge on any atom is 0.263 e. The molecule has 0 aliphatic heterocycles. The number of aryl methyl sites for hydroxylation is 2. The first-order chi connectivity index (χ1) is 9.13. The highest BCUT2D eigenvalue weighted by Gasteiger charge is 2.22. The van der Waals surface area contributed by atoms with E-state index >= 15 is 0 Å². The van der Waals surface area contributed by atoms with Crippen molar-refractivity contribution >= 4 is 31.8 Å². The lowest BCUT2D eigenvalue weighted by molar-refractivity contribution is 0.409. The van der Waals surface area contributed by atoms with Crippen LogP contribution in [-0.2, 0) is 0 Å². The molecule has 0 bridgehead atoms. The Morgan fingerprint density at radius 1 is 1.00 bits per heavy atom. The number of fused-ring (bicyclic) bond motifs is 2. The predicted octanol–water partition coefficient (Wildman–Crippen LogP) is 4.66. The lowest BCUT2D eigenvalue weighted by Gasteiger charge is -2.11. The van der Waals surface area contributed by atoms with Gasteiger partial charge in [-0.2, -0.15) is 0 Å². The molecule has 0 amide bonds. The molecule has 3 heteroatoms. The zero-order valence-corrected chi connectivity index (χ0v) is 12.4. The lowest BCUT2D eigenvalue weighted by atomic mass is 10.0. The summed E-state index contributed by atoms with van der Waals surface area (Å²) in [5, 5.41) is 0. The number of methoxy groups -OCH3 is 1. The van der Waals surface area contributed by atoms with Gasteiger partial charge in [-0.15, -0.1) is 0 Å². The summed E-state index contributed by atoms with van der Waals surface area (Å²) in [5.41, 5.74) is 5.73. The monoisotopic (exact) mass is 270 g/mol. The van der Waals surface area contributed by atoms with Gasteiger partial charge in [0.15, 0.2) is 0 Å². The number of hydrogen-bond acceptors (Lipinski definition) is 2. The molecular formula is C16H16NOS+. The third-order valence-corrected chi connectivity index (χ3v) is 4.94.